The Morgan fingerprint density at radius 3 is 1.42 bits per heavy atom. The van der Waals surface area contributed by atoms with Crippen LogP contribution in [0.4, 0.5) is 0 Å². The minimum absolute atomic E-state index is 0.0530. The van der Waals surface area contributed by atoms with Crippen LogP contribution in [0.25, 0.3) is 0 Å². The van der Waals surface area contributed by atoms with Gasteiger partial charge in [-0.25, -0.2) is 0 Å². The van der Waals surface area contributed by atoms with Crippen LogP contribution in [-0.4, -0.2) is 38.1 Å². The highest BCUT2D eigenvalue weighted by atomic mass is 16.5. The molecule has 0 fully saturated rings. The highest BCUT2D eigenvalue weighted by Crippen LogP contribution is 2.16. The number of carbonyl (C=O) groups is 2. The van der Waals surface area contributed by atoms with Crippen LogP contribution in [0.15, 0.2) is 48.5 Å². The molecule has 6 heteroatoms. The first kappa shape index (κ1) is 31.2. The molecule has 0 bridgehead atoms. The van der Waals surface area contributed by atoms with E-state index < -0.39 is 0 Å². The second-order valence-electron chi connectivity index (χ2n) is 10.8. The number of benzene rings is 2. The second kappa shape index (κ2) is 18.3. The maximum Gasteiger partial charge on any atom is 0.251 e. The van der Waals surface area contributed by atoms with E-state index in [4.69, 9.17) is 9.47 Å². The third-order valence-electron chi connectivity index (χ3n) is 6.29. The maximum absolute atomic E-state index is 12.4. The number of ether oxygens (including phenoxy) is 2. The molecule has 0 aliphatic carbocycles. The van der Waals surface area contributed by atoms with Gasteiger partial charge in [0.1, 0.15) is 11.5 Å². The topological polar surface area (TPSA) is 76.7 Å². The molecule has 0 heterocycles. The molecule has 0 aliphatic heterocycles. The maximum atomic E-state index is 12.4. The van der Waals surface area contributed by atoms with E-state index in [1.807, 2.05) is 48.5 Å². The summed E-state index contributed by atoms with van der Waals surface area (Å²) >= 11 is 0. The monoisotopic (exact) mass is 524 g/mol. The van der Waals surface area contributed by atoms with E-state index in [0.29, 0.717) is 49.3 Å². The van der Waals surface area contributed by atoms with Crippen LogP contribution in [0.5, 0.6) is 11.5 Å². The van der Waals surface area contributed by atoms with Crippen molar-refractivity contribution in [1.82, 2.24) is 10.6 Å². The van der Waals surface area contributed by atoms with E-state index in [1.165, 1.54) is 0 Å². The normalized spacial score (nSPS) is 11.0. The molecule has 2 rings (SSSR count). The Kier molecular flexibility index (Phi) is 15.0. The zero-order chi connectivity index (χ0) is 27.6. The number of rotatable bonds is 19. The molecule has 38 heavy (non-hydrogen) atoms. The van der Waals surface area contributed by atoms with Gasteiger partial charge in [0.25, 0.3) is 11.8 Å². The summed E-state index contributed by atoms with van der Waals surface area (Å²) in [4.78, 5) is 24.8. The predicted octanol–water partition coefficient (Wildman–Crippen LogP) is 7.04. The SMILES string of the molecule is CC(C)CCOc1cccc(C(=O)NCCCCCCCCNC(=O)c2cccc(OCCC(C)C)c2)c1. The third kappa shape index (κ3) is 13.5. The summed E-state index contributed by atoms with van der Waals surface area (Å²) in [6, 6.07) is 14.8. The minimum atomic E-state index is -0.0530. The zero-order valence-electron chi connectivity index (χ0n) is 23.9. The van der Waals surface area contributed by atoms with E-state index in [-0.39, 0.29) is 11.8 Å². The smallest absolute Gasteiger partial charge is 0.251 e. The molecule has 2 aromatic rings. The van der Waals surface area contributed by atoms with Crippen LogP contribution in [0, 0.1) is 11.8 Å². The summed E-state index contributed by atoms with van der Waals surface area (Å²) in [6.45, 7) is 11.3. The van der Waals surface area contributed by atoms with Crippen molar-refractivity contribution in [3.63, 3.8) is 0 Å². The van der Waals surface area contributed by atoms with Gasteiger partial charge in [0.15, 0.2) is 0 Å². The highest BCUT2D eigenvalue weighted by Gasteiger charge is 2.08. The van der Waals surface area contributed by atoms with Gasteiger partial charge in [-0.15, -0.1) is 0 Å². The number of carbonyl (C=O) groups excluding carboxylic acids is 2. The summed E-state index contributed by atoms with van der Waals surface area (Å²) in [5.41, 5.74) is 1.28. The van der Waals surface area contributed by atoms with Crippen LogP contribution < -0.4 is 20.1 Å². The molecule has 0 atom stereocenters. The lowest BCUT2D eigenvalue weighted by Gasteiger charge is -2.10. The van der Waals surface area contributed by atoms with Crippen molar-refractivity contribution in [1.29, 1.82) is 0 Å². The second-order valence-corrected chi connectivity index (χ2v) is 10.8. The molecular formula is C32H48N2O4. The lowest BCUT2D eigenvalue weighted by atomic mass is 10.1. The zero-order valence-corrected chi connectivity index (χ0v) is 23.9. The van der Waals surface area contributed by atoms with Gasteiger partial charge >= 0.3 is 0 Å². The molecule has 6 nitrogen and oxygen atoms in total. The number of amides is 2. The first-order chi connectivity index (χ1) is 18.3. The van der Waals surface area contributed by atoms with Crippen molar-refractivity contribution in [3.05, 3.63) is 59.7 Å². The van der Waals surface area contributed by atoms with Gasteiger partial charge in [0.05, 0.1) is 13.2 Å². The van der Waals surface area contributed by atoms with Crippen LogP contribution in [-0.2, 0) is 0 Å². The molecular weight excluding hydrogens is 476 g/mol. The first-order valence-corrected chi connectivity index (χ1v) is 14.4. The molecule has 2 aromatic carbocycles. The molecule has 0 saturated carbocycles. The predicted molar refractivity (Wildman–Crippen MR) is 155 cm³/mol. The van der Waals surface area contributed by atoms with E-state index >= 15 is 0 Å². The average molecular weight is 525 g/mol. The molecule has 0 saturated heterocycles. The fourth-order valence-electron chi connectivity index (χ4n) is 3.84. The Morgan fingerprint density at radius 1 is 0.632 bits per heavy atom. The quantitative estimate of drug-likeness (QED) is 0.193. The van der Waals surface area contributed by atoms with Gasteiger partial charge in [0, 0.05) is 24.2 Å². The van der Waals surface area contributed by atoms with E-state index in [1.54, 1.807) is 0 Å². The van der Waals surface area contributed by atoms with Crippen molar-refractivity contribution >= 4 is 11.8 Å². The molecule has 0 spiro atoms. The van der Waals surface area contributed by atoms with Gasteiger partial charge in [-0.3, -0.25) is 9.59 Å². The molecule has 210 valence electrons. The van der Waals surface area contributed by atoms with Crippen LogP contribution in [0.2, 0.25) is 0 Å². The molecule has 0 unspecified atom stereocenters. The van der Waals surface area contributed by atoms with Crippen molar-refractivity contribution < 1.29 is 19.1 Å². The lowest BCUT2D eigenvalue weighted by Crippen LogP contribution is -2.24. The Balaban J connectivity index is 1.51. The van der Waals surface area contributed by atoms with E-state index in [0.717, 1.165) is 62.9 Å². The minimum Gasteiger partial charge on any atom is -0.494 e. The summed E-state index contributed by atoms with van der Waals surface area (Å²) in [7, 11) is 0. The largest absolute Gasteiger partial charge is 0.494 e. The van der Waals surface area contributed by atoms with Crippen LogP contribution in [0.3, 0.4) is 0 Å². The Hall–Kier alpha value is -3.02. The molecule has 0 aliphatic rings. The molecule has 2 amide bonds. The molecule has 2 N–H and O–H groups in total. The van der Waals surface area contributed by atoms with Gasteiger partial charge in [-0.2, -0.15) is 0 Å². The number of hydrogen-bond acceptors (Lipinski definition) is 4. The third-order valence-corrected chi connectivity index (χ3v) is 6.29. The fourth-order valence-corrected chi connectivity index (χ4v) is 3.84. The van der Waals surface area contributed by atoms with Crippen molar-refractivity contribution in [3.8, 4) is 11.5 Å². The van der Waals surface area contributed by atoms with Crippen LogP contribution >= 0.6 is 0 Å². The van der Waals surface area contributed by atoms with E-state index in [2.05, 4.69) is 38.3 Å². The summed E-state index contributed by atoms with van der Waals surface area (Å²) < 4.78 is 11.5. The van der Waals surface area contributed by atoms with Gasteiger partial charge in [-0.1, -0.05) is 65.5 Å². The number of unbranched alkanes of at least 4 members (excludes halogenated alkanes) is 5. The van der Waals surface area contributed by atoms with Gasteiger partial charge in [0.2, 0.25) is 0 Å². The lowest BCUT2D eigenvalue weighted by molar-refractivity contribution is 0.0944. The van der Waals surface area contributed by atoms with Gasteiger partial charge in [-0.05, 0) is 73.9 Å². The Morgan fingerprint density at radius 2 is 1.03 bits per heavy atom. The summed E-state index contributed by atoms with van der Waals surface area (Å²) in [5.74, 6) is 2.57. The average Bonchev–Trinajstić information content (AvgIpc) is 2.89. The summed E-state index contributed by atoms with van der Waals surface area (Å²) in [5, 5.41) is 6.02. The van der Waals surface area contributed by atoms with Crippen molar-refractivity contribution in [2.45, 2.75) is 79.1 Å². The number of hydrogen-bond donors (Lipinski definition) is 2. The molecule has 0 radical (unpaired) electrons. The Bertz CT molecular complexity index is 880. The standard InChI is InChI=1S/C32H48N2O4/c1-25(2)17-21-37-29-15-11-13-27(23-29)31(35)33-19-9-7-5-6-8-10-20-34-32(36)28-14-12-16-30(24-28)38-22-18-26(3)4/h11-16,23-26H,5-10,17-22H2,1-4H3,(H,33,35)(H,34,36). The fraction of sp³-hybridized carbons (Fsp3) is 0.562. The Labute approximate surface area is 229 Å². The van der Waals surface area contributed by atoms with Crippen molar-refractivity contribution in [2.24, 2.45) is 11.8 Å². The summed E-state index contributed by atoms with van der Waals surface area (Å²) in [6.07, 6.45) is 8.31. The van der Waals surface area contributed by atoms with Crippen molar-refractivity contribution in [2.75, 3.05) is 26.3 Å². The van der Waals surface area contributed by atoms with Gasteiger partial charge < -0.3 is 20.1 Å². The highest BCUT2D eigenvalue weighted by molar-refractivity contribution is 5.95. The number of nitrogens with one attached hydrogen (secondary N) is 2. The molecule has 0 aromatic heterocycles. The first-order valence-electron chi connectivity index (χ1n) is 14.4. The van der Waals surface area contributed by atoms with E-state index in [9.17, 15) is 9.59 Å². The van der Waals surface area contributed by atoms with Crippen LogP contribution in [0.1, 0.15) is 99.8 Å².